The second kappa shape index (κ2) is 9.13. The maximum absolute atomic E-state index is 14.5. The number of aromatic nitrogens is 1. The van der Waals surface area contributed by atoms with E-state index in [0.717, 1.165) is 11.6 Å². The molecule has 172 valence electrons. The van der Waals surface area contributed by atoms with Crippen molar-refractivity contribution in [1.82, 2.24) is 15.6 Å². The first kappa shape index (κ1) is 22.6. The van der Waals surface area contributed by atoms with Crippen LogP contribution in [0.3, 0.4) is 0 Å². The van der Waals surface area contributed by atoms with Crippen LogP contribution in [0, 0.1) is 23.4 Å². The fourth-order valence-corrected chi connectivity index (χ4v) is 4.45. The van der Waals surface area contributed by atoms with Crippen molar-refractivity contribution in [3.8, 4) is 11.3 Å². The first-order chi connectivity index (χ1) is 15.8. The van der Waals surface area contributed by atoms with Gasteiger partial charge in [0.2, 0.25) is 11.8 Å². The van der Waals surface area contributed by atoms with Gasteiger partial charge in [-0.15, -0.1) is 6.58 Å². The molecule has 1 aliphatic carbocycles. The van der Waals surface area contributed by atoms with Crippen LogP contribution in [-0.2, 0) is 9.59 Å². The summed E-state index contributed by atoms with van der Waals surface area (Å²) in [5.41, 5.74) is 2.33. The lowest BCUT2D eigenvalue weighted by molar-refractivity contribution is -0.127. The van der Waals surface area contributed by atoms with Crippen LogP contribution in [0.15, 0.2) is 49.1 Å². The maximum atomic E-state index is 14.5. The minimum absolute atomic E-state index is 0.0208. The van der Waals surface area contributed by atoms with E-state index in [0.29, 0.717) is 36.0 Å². The zero-order chi connectivity index (χ0) is 23.7. The predicted octanol–water partition coefficient (Wildman–Crippen LogP) is 4.55. The van der Waals surface area contributed by atoms with Gasteiger partial charge >= 0.3 is 0 Å². The highest BCUT2D eigenvalue weighted by Crippen LogP contribution is 2.48. The maximum Gasteiger partial charge on any atom is 0.246 e. The molecule has 3 N–H and O–H groups in total. The van der Waals surface area contributed by atoms with Crippen molar-refractivity contribution >= 4 is 22.7 Å². The van der Waals surface area contributed by atoms with Crippen LogP contribution in [0.5, 0.6) is 0 Å². The molecule has 1 saturated carbocycles. The third-order valence-corrected chi connectivity index (χ3v) is 6.08. The van der Waals surface area contributed by atoms with E-state index in [1.807, 2.05) is 0 Å². The average molecular weight is 455 g/mol. The molecule has 2 amide bonds. The number of hydrogen-bond donors (Lipinski definition) is 3. The molecule has 33 heavy (non-hydrogen) atoms. The van der Waals surface area contributed by atoms with Crippen LogP contribution < -0.4 is 10.6 Å². The van der Waals surface area contributed by atoms with Gasteiger partial charge in [0, 0.05) is 24.9 Å². The third-order valence-electron chi connectivity index (χ3n) is 6.08. The standard InChI is InChI=1S/C25H24F3N3O2/c1-3-21(30-13(2)32)25(33)29-12-14-8-16(9-14)22-19-10-18(27)11-20(28)24(19)31-23(22)15-4-6-17(26)7-5-15/h3-7,10-11,14,16,21,31H,1,8-9,12H2,2H3,(H,29,33)(H,30,32). The topological polar surface area (TPSA) is 74.0 Å². The highest BCUT2D eigenvalue weighted by atomic mass is 19.1. The van der Waals surface area contributed by atoms with Crippen molar-refractivity contribution in [2.75, 3.05) is 6.54 Å². The quantitative estimate of drug-likeness (QED) is 0.457. The Morgan fingerprint density at radius 1 is 1.15 bits per heavy atom. The second-order valence-corrected chi connectivity index (χ2v) is 8.42. The van der Waals surface area contributed by atoms with E-state index in [4.69, 9.17) is 0 Å². The van der Waals surface area contributed by atoms with Gasteiger partial charge in [0.05, 0.1) is 11.2 Å². The molecule has 4 rings (SSSR count). The number of hydrogen-bond acceptors (Lipinski definition) is 2. The number of benzene rings is 2. The Labute approximate surface area is 189 Å². The minimum Gasteiger partial charge on any atom is -0.354 e. The summed E-state index contributed by atoms with van der Waals surface area (Å²) in [6.07, 6.45) is 2.78. The fourth-order valence-electron chi connectivity index (χ4n) is 4.45. The molecule has 1 atom stereocenters. The van der Waals surface area contributed by atoms with E-state index < -0.39 is 17.7 Å². The largest absolute Gasteiger partial charge is 0.354 e. The molecule has 8 heteroatoms. The Balaban J connectivity index is 1.54. The van der Waals surface area contributed by atoms with Crippen LogP contribution in [0.1, 0.15) is 31.2 Å². The molecule has 1 aromatic heterocycles. The molecule has 5 nitrogen and oxygen atoms in total. The fraction of sp³-hybridized carbons (Fsp3) is 0.280. The molecule has 3 aromatic rings. The van der Waals surface area contributed by atoms with Gasteiger partial charge in [0.1, 0.15) is 23.5 Å². The molecule has 0 aliphatic heterocycles. The first-order valence-corrected chi connectivity index (χ1v) is 10.7. The second-order valence-electron chi connectivity index (χ2n) is 8.42. The van der Waals surface area contributed by atoms with Crippen molar-refractivity contribution in [2.45, 2.75) is 31.7 Å². The van der Waals surface area contributed by atoms with E-state index in [1.54, 1.807) is 12.1 Å². The third kappa shape index (κ3) is 4.65. The van der Waals surface area contributed by atoms with Gasteiger partial charge in [-0.25, -0.2) is 13.2 Å². The van der Waals surface area contributed by atoms with Crippen LogP contribution in [0.2, 0.25) is 0 Å². The lowest BCUT2D eigenvalue weighted by Crippen LogP contribution is -2.46. The van der Waals surface area contributed by atoms with Crippen molar-refractivity contribution in [3.05, 3.63) is 72.1 Å². The molecule has 0 bridgehead atoms. The summed E-state index contributed by atoms with van der Waals surface area (Å²) in [7, 11) is 0. The zero-order valence-corrected chi connectivity index (χ0v) is 18.1. The summed E-state index contributed by atoms with van der Waals surface area (Å²) in [5.74, 6) is -2.21. The highest BCUT2D eigenvalue weighted by Gasteiger charge is 2.35. The Hall–Kier alpha value is -3.55. The molecular weight excluding hydrogens is 431 g/mol. The van der Waals surface area contributed by atoms with E-state index in [9.17, 15) is 22.8 Å². The summed E-state index contributed by atoms with van der Waals surface area (Å²) in [5, 5.41) is 5.80. The van der Waals surface area contributed by atoms with E-state index in [1.165, 1.54) is 31.2 Å². The summed E-state index contributed by atoms with van der Waals surface area (Å²) in [6, 6.07) is 7.20. The lowest BCUT2D eigenvalue weighted by Gasteiger charge is -2.36. The number of halogens is 3. The SMILES string of the molecule is C=CC(NC(C)=O)C(=O)NCC1CC(c2c(-c3ccc(F)cc3)[nH]c3c(F)cc(F)cc23)C1. The van der Waals surface area contributed by atoms with Crippen LogP contribution in [0.4, 0.5) is 13.2 Å². The number of carbonyl (C=O) groups is 2. The van der Waals surface area contributed by atoms with Crippen LogP contribution >= 0.6 is 0 Å². The van der Waals surface area contributed by atoms with Crippen LogP contribution in [0.25, 0.3) is 22.2 Å². The highest BCUT2D eigenvalue weighted by molar-refractivity contribution is 5.92. The molecule has 1 aliphatic rings. The number of nitrogens with one attached hydrogen (secondary N) is 3. The number of H-pyrrole nitrogens is 1. The number of amides is 2. The zero-order valence-electron chi connectivity index (χ0n) is 18.1. The summed E-state index contributed by atoms with van der Waals surface area (Å²) in [4.78, 5) is 26.5. The monoisotopic (exact) mass is 455 g/mol. The van der Waals surface area contributed by atoms with Gasteiger partial charge in [-0.05, 0) is 66.1 Å². The summed E-state index contributed by atoms with van der Waals surface area (Å²) in [6.45, 7) is 5.30. The molecule has 0 radical (unpaired) electrons. The first-order valence-electron chi connectivity index (χ1n) is 10.7. The minimum atomic E-state index is -0.803. The smallest absolute Gasteiger partial charge is 0.246 e. The van der Waals surface area contributed by atoms with Gasteiger partial charge in [0.25, 0.3) is 0 Å². The van der Waals surface area contributed by atoms with Crippen molar-refractivity contribution in [1.29, 1.82) is 0 Å². The van der Waals surface area contributed by atoms with Crippen molar-refractivity contribution < 1.29 is 22.8 Å². The van der Waals surface area contributed by atoms with Gasteiger partial charge in [-0.3, -0.25) is 9.59 Å². The average Bonchev–Trinajstić information content (AvgIpc) is 3.10. The number of aromatic amines is 1. The number of rotatable bonds is 7. The number of fused-ring (bicyclic) bond motifs is 1. The molecular formula is C25H24F3N3O2. The van der Waals surface area contributed by atoms with E-state index in [-0.39, 0.29) is 35.0 Å². The Bertz CT molecular complexity index is 1210. The normalized spacial score (nSPS) is 18.4. The van der Waals surface area contributed by atoms with Gasteiger partial charge in [-0.2, -0.15) is 0 Å². The van der Waals surface area contributed by atoms with Crippen molar-refractivity contribution in [2.24, 2.45) is 5.92 Å². The van der Waals surface area contributed by atoms with Crippen LogP contribution in [-0.4, -0.2) is 29.4 Å². The summed E-state index contributed by atoms with van der Waals surface area (Å²) < 4.78 is 41.9. The predicted molar refractivity (Wildman–Crippen MR) is 120 cm³/mol. The molecule has 1 fully saturated rings. The molecule has 1 unspecified atom stereocenters. The Kier molecular flexibility index (Phi) is 6.26. The Morgan fingerprint density at radius 3 is 2.48 bits per heavy atom. The van der Waals surface area contributed by atoms with Gasteiger partial charge in [0.15, 0.2) is 0 Å². The molecule has 2 aromatic carbocycles. The molecule has 0 spiro atoms. The Morgan fingerprint density at radius 2 is 1.85 bits per heavy atom. The van der Waals surface area contributed by atoms with E-state index >= 15 is 0 Å². The molecule has 0 saturated heterocycles. The summed E-state index contributed by atoms with van der Waals surface area (Å²) >= 11 is 0. The lowest BCUT2D eigenvalue weighted by atomic mass is 9.70. The molecule has 1 heterocycles. The number of carbonyl (C=O) groups excluding carboxylic acids is 2. The van der Waals surface area contributed by atoms with E-state index in [2.05, 4.69) is 22.2 Å². The van der Waals surface area contributed by atoms with Gasteiger partial charge in [-0.1, -0.05) is 6.08 Å². The van der Waals surface area contributed by atoms with Gasteiger partial charge < -0.3 is 15.6 Å². The van der Waals surface area contributed by atoms with Crippen molar-refractivity contribution in [3.63, 3.8) is 0 Å².